The van der Waals surface area contributed by atoms with E-state index in [1.54, 1.807) is 48.7 Å². The predicted molar refractivity (Wildman–Crippen MR) is 98.4 cm³/mol. The molecule has 1 heterocycles. The van der Waals surface area contributed by atoms with Gasteiger partial charge in [0.2, 0.25) is 0 Å². The Balaban J connectivity index is 1.69. The zero-order chi connectivity index (χ0) is 16.9. The second kappa shape index (κ2) is 7.34. The molecule has 0 saturated heterocycles. The maximum absolute atomic E-state index is 12.1. The molecule has 1 aromatic heterocycles. The van der Waals surface area contributed by atoms with Gasteiger partial charge in [-0.05, 0) is 42.5 Å². The number of carbonyl (C=O) groups excluding carboxylic acids is 1. The van der Waals surface area contributed by atoms with Gasteiger partial charge in [-0.1, -0.05) is 41.4 Å². The second-order valence-corrected chi connectivity index (χ2v) is 5.85. The van der Waals surface area contributed by atoms with Crippen LogP contribution in [0.3, 0.4) is 0 Å². The van der Waals surface area contributed by atoms with Gasteiger partial charge in [0, 0.05) is 10.6 Å². The molecule has 2 N–H and O–H groups in total. The monoisotopic (exact) mass is 357 g/mol. The van der Waals surface area contributed by atoms with Crippen LogP contribution in [0.4, 0.5) is 17.2 Å². The van der Waals surface area contributed by atoms with Crippen LogP contribution in [0.15, 0.2) is 66.9 Å². The summed E-state index contributed by atoms with van der Waals surface area (Å²) in [7, 11) is 0. The minimum atomic E-state index is -0.207. The molecule has 0 saturated carbocycles. The number of nitrogens with one attached hydrogen (secondary N) is 2. The quantitative estimate of drug-likeness (QED) is 0.658. The van der Waals surface area contributed by atoms with Crippen LogP contribution in [0.2, 0.25) is 10.0 Å². The fourth-order valence-electron chi connectivity index (χ4n) is 2.07. The van der Waals surface area contributed by atoms with Crippen molar-refractivity contribution >= 4 is 46.3 Å². The van der Waals surface area contributed by atoms with Crippen LogP contribution < -0.4 is 10.6 Å². The van der Waals surface area contributed by atoms with Crippen molar-refractivity contribution in [2.45, 2.75) is 0 Å². The summed E-state index contributed by atoms with van der Waals surface area (Å²) >= 11 is 12.1. The number of amides is 1. The van der Waals surface area contributed by atoms with Gasteiger partial charge in [0.15, 0.2) is 0 Å². The largest absolute Gasteiger partial charge is 0.353 e. The summed E-state index contributed by atoms with van der Waals surface area (Å²) in [6.07, 6.45) is 1.61. The molecule has 0 bridgehead atoms. The molecule has 2 aromatic carbocycles. The van der Waals surface area contributed by atoms with E-state index >= 15 is 0 Å². The molecular formula is C18H13Cl2N3O. The molecule has 6 heteroatoms. The van der Waals surface area contributed by atoms with Gasteiger partial charge in [-0.15, -0.1) is 0 Å². The third-order valence-corrected chi connectivity index (χ3v) is 3.81. The number of hydrogen-bond acceptors (Lipinski definition) is 3. The summed E-state index contributed by atoms with van der Waals surface area (Å²) in [4.78, 5) is 16.3. The van der Waals surface area contributed by atoms with Gasteiger partial charge < -0.3 is 10.6 Å². The Labute approximate surface area is 149 Å². The van der Waals surface area contributed by atoms with Crippen molar-refractivity contribution in [3.63, 3.8) is 0 Å². The lowest BCUT2D eigenvalue weighted by Crippen LogP contribution is -2.12. The summed E-state index contributed by atoms with van der Waals surface area (Å²) < 4.78 is 0. The first kappa shape index (κ1) is 16.3. The first-order chi connectivity index (χ1) is 11.6. The Bertz CT molecular complexity index is 852. The van der Waals surface area contributed by atoms with Gasteiger partial charge in [0.1, 0.15) is 5.82 Å². The molecule has 120 valence electrons. The average molecular weight is 358 g/mol. The third kappa shape index (κ3) is 4.04. The zero-order valence-corrected chi connectivity index (χ0v) is 14.0. The molecule has 0 fully saturated rings. The number of carbonyl (C=O) groups is 1. The molecule has 1 amide bonds. The molecule has 0 unspecified atom stereocenters. The zero-order valence-electron chi connectivity index (χ0n) is 12.5. The van der Waals surface area contributed by atoms with Gasteiger partial charge in [0.25, 0.3) is 5.91 Å². The molecule has 0 aliphatic heterocycles. The molecule has 24 heavy (non-hydrogen) atoms. The van der Waals surface area contributed by atoms with E-state index in [2.05, 4.69) is 15.6 Å². The van der Waals surface area contributed by atoms with Crippen molar-refractivity contribution < 1.29 is 4.79 Å². The maximum atomic E-state index is 12.1. The van der Waals surface area contributed by atoms with Crippen molar-refractivity contribution in [2.75, 3.05) is 10.6 Å². The lowest BCUT2D eigenvalue weighted by atomic mass is 10.2. The van der Waals surface area contributed by atoms with E-state index in [-0.39, 0.29) is 5.91 Å². The van der Waals surface area contributed by atoms with Gasteiger partial charge in [-0.25, -0.2) is 4.98 Å². The van der Waals surface area contributed by atoms with Crippen molar-refractivity contribution in [3.05, 3.63) is 82.5 Å². The molecular weight excluding hydrogens is 345 g/mol. The highest BCUT2D eigenvalue weighted by atomic mass is 35.5. The van der Waals surface area contributed by atoms with Crippen molar-refractivity contribution in [1.82, 2.24) is 4.98 Å². The van der Waals surface area contributed by atoms with Crippen LogP contribution in [0.25, 0.3) is 0 Å². The lowest BCUT2D eigenvalue weighted by Gasteiger charge is -2.09. The first-order valence-corrected chi connectivity index (χ1v) is 7.92. The molecule has 0 spiro atoms. The number of nitrogens with zero attached hydrogens (tertiary/aromatic N) is 1. The van der Waals surface area contributed by atoms with Crippen LogP contribution in [0.5, 0.6) is 0 Å². The Morgan fingerprint density at radius 2 is 1.75 bits per heavy atom. The van der Waals surface area contributed by atoms with E-state index in [1.807, 2.05) is 18.2 Å². The molecule has 4 nitrogen and oxygen atoms in total. The van der Waals surface area contributed by atoms with Crippen LogP contribution in [-0.4, -0.2) is 10.9 Å². The van der Waals surface area contributed by atoms with E-state index < -0.39 is 0 Å². The molecule has 3 rings (SSSR count). The van der Waals surface area contributed by atoms with Crippen molar-refractivity contribution in [3.8, 4) is 0 Å². The minimum absolute atomic E-state index is 0.207. The summed E-state index contributed by atoms with van der Waals surface area (Å²) in [6.45, 7) is 0. The molecule has 0 aliphatic carbocycles. The van der Waals surface area contributed by atoms with Crippen LogP contribution in [0.1, 0.15) is 10.4 Å². The Morgan fingerprint density at radius 3 is 2.46 bits per heavy atom. The molecule has 0 aliphatic rings. The molecule has 0 atom stereocenters. The van der Waals surface area contributed by atoms with Gasteiger partial charge in [-0.3, -0.25) is 4.79 Å². The van der Waals surface area contributed by atoms with Gasteiger partial charge in [-0.2, -0.15) is 0 Å². The smallest absolute Gasteiger partial charge is 0.256 e. The van der Waals surface area contributed by atoms with E-state index in [4.69, 9.17) is 23.2 Å². The normalized spacial score (nSPS) is 10.2. The molecule has 0 radical (unpaired) electrons. The standard InChI is InChI=1S/C18H13Cl2N3O/c19-13-6-8-15(20)16(10-13)22-14-7-9-17(21-11-14)23-18(24)12-4-2-1-3-5-12/h1-11,22H,(H,21,23,24). The predicted octanol–water partition coefficient (Wildman–Crippen LogP) is 5.38. The van der Waals surface area contributed by atoms with Gasteiger partial charge in [0.05, 0.1) is 22.6 Å². The summed E-state index contributed by atoms with van der Waals surface area (Å²) in [5, 5.41) is 7.02. The Kier molecular flexibility index (Phi) is 4.99. The SMILES string of the molecule is O=C(Nc1ccc(Nc2cc(Cl)ccc2Cl)cn1)c1ccccc1. The highest BCUT2D eigenvalue weighted by molar-refractivity contribution is 6.35. The number of pyridine rings is 1. The topological polar surface area (TPSA) is 54.0 Å². The van der Waals surface area contributed by atoms with Crippen LogP contribution in [0, 0.1) is 0 Å². The number of anilines is 3. The van der Waals surface area contributed by atoms with E-state index in [0.29, 0.717) is 27.1 Å². The lowest BCUT2D eigenvalue weighted by molar-refractivity contribution is 0.102. The first-order valence-electron chi connectivity index (χ1n) is 7.16. The molecule has 3 aromatic rings. The highest BCUT2D eigenvalue weighted by Crippen LogP contribution is 2.28. The Morgan fingerprint density at radius 1 is 0.958 bits per heavy atom. The van der Waals surface area contributed by atoms with Crippen molar-refractivity contribution in [2.24, 2.45) is 0 Å². The fraction of sp³-hybridized carbons (Fsp3) is 0. The van der Waals surface area contributed by atoms with Crippen LogP contribution in [-0.2, 0) is 0 Å². The van der Waals surface area contributed by atoms with E-state index in [1.165, 1.54) is 0 Å². The fourth-order valence-corrected chi connectivity index (χ4v) is 2.41. The van der Waals surface area contributed by atoms with Crippen LogP contribution >= 0.6 is 23.2 Å². The minimum Gasteiger partial charge on any atom is -0.353 e. The van der Waals surface area contributed by atoms with Gasteiger partial charge >= 0.3 is 0 Å². The number of aromatic nitrogens is 1. The number of halogens is 2. The van der Waals surface area contributed by atoms with E-state index in [9.17, 15) is 4.79 Å². The average Bonchev–Trinajstić information content (AvgIpc) is 2.60. The number of benzene rings is 2. The second-order valence-electron chi connectivity index (χ2n) is 5.00. The highest BCUT2D eigenvalue weighted by Gasteiger charge is 2.06. The van der Waals surface area contributed by atoms with Crippen molar-refractivity contribution in [1.29, 1.82) is 0 Å². The Hall–Kier alpha value is -2.56. The summed E-state index contributed by atoms with van der Waals surface area (Å²) in [5.74, 6) is 0.258. The maximum Gasteiger partial charge on any atom is 0.256 e. The number of rotatable bonds is 4. The number of hydrogen-bond donors (Lipinski definition) is 2. The summed E-state index contributed by atoms with van der Waals surface area (Å²) in [6, 6.07) is 17.6. The summed E-state index contributed by atoms with van der Waals surface area (Å²) in [5.41, 5.74) is 2.00. The third-order valence-electron chi connectivity index (χ3n) is 3.25. The van der Waals surface area contributed by atoms with E-state index in [0.717, 1.165) is 5.69 Å².